The first-order valence-electron chi connectivity index (χ1n) is 10.6. The normalized spacial score (nSPS) is 25.6. The summed E-state index contributed by atoms with van der Waals surface area (Å²) in [7, 11) is 0. The molecule has 0 amide bonds. The molecule has 2 heteroatoms. The summed E-state index contributed by atoms with van der Waals surface area (Å²) < 4.78 is 0. The number of unbranched alkanes of at least 4 members (excludes halogenated alkanes) is 1. The minimum atomic E-state index is 0.560. The zero-order valence-electron chi connectivity index (χ0n) is 16.5. The SMILES string of the molecule is CC(C)C1CCC(CCC/C=N\c2cccnc2[C@H](C)C2CC2)CC1. The van der Waals surface area contributed by atoms with Crippen molar-refractivity contribution in [1.82, 2.24) is 4.98 Å². The van der Waals surface area contributed by atoms with E-state index in [1.54, 1.807) is 0 Å². The van der Waals surface area contributed by atoms with Crippen LogP contribution in [0.15, 0.2) is 23.3 Å². The van der Waals surface area contributed by atoms with E-state index >= 15 is 0 Å². The average molecular weight is 341 g/mol. The highest BCUT2D eigenvalue weighted by Gasteiger charge is 2.31. The summed E-state index contributed by atoms with van der Waals surface area (Å²) in [5.74, 6) is 4.22. The van der Waals surface area contributed by atoms with Gasteiger partial charge in [-0.3, -0.25) is 9.98 Å². The molecule has 1 aromatic heterocycles. The molecule has 25 heavy (non-hydrogen) atoms. The van der Waals surface area contributed by atoms with Crippen LogP contribution >= 0.6 is 0 Å². The summed E-state index contributed by atoms with van der Waals surface area (Å²) in [6.45, 7) is 7.09. The van der Waals surface area contributed by atoms with Crippen molar-refractivity contribution in [2.24, 2.45) is 28.7 Å². The van der Waals surface area contributed by atoms with E-state index in [9.17, 15) is 0 Å². The maximum Gasteiger partial charge on any atom is 0.0843 e. The molecule has 0 radical (unpaired) electrons. The molecule has 1 heterocycles. The largest absolute Gasteiger partial charge is 0.259 e. The monoisotopic (exact) mass is 340 g/mol. The van der Waals surface area contributed by atoms with Crippen LogP contribution in [-0.4, -0.2) is 11.2 Å². The van der Waals surface area contributed by atoms with E-state index in [4.69, 9.17) is 4.99 Å². The van der Waals surface area contributed by atoms with Gasteiger partial charge in [0.05, 0.1) is 11.4 Å². The van der Waals surface area contributed by atoms with Crippen LogP contribution in [0.5, 0.6) is 0 Å². The fourth-order valence-corrected chi connectivity index (χ4v) is 4.49. The summed E-state index contributed by atoms with van der Waals surface area (Å²) in [6.07, 6.45) is 16.4. The molecular formula is C23H36N2. The van der Waals surface area contributed by atoms with Crippen LogP contribution in [-0.2, 0) is 0 Å². The Hall–Kier alpha value is -1.18. The third kappa shape index (κ3) is 5.39. The molecular weight excluding hydrogens is 304 g/mol. The Kier molecular flexibility index (Phi) is 6.67. The van der Waals surface area contributed by atoms with Crippen LogP contribution in [0.25, 0.3) is 0 Å². The van der Waals surface area contributed by atoms with E-state index in [1.165, 1.54) is 57.1 Å². The number of aromatic nitrogens is 1. The van der Waals surface area contributed by atoms with Crippen LogP contribution in [0.2, 0.25) is 0 Å². The van der Waals surface area contributed by atoms with E-state index in [1.807, 2.05) is 12.3 Å². The van der Waals surface area contributed by atoms with Crippen molar-refractivity contribution in [1.29, 1.82) is 0 Å². The molecule has 1 aromatic rings. The molecule has 138 valence electrons. The minimum absolute atomic E-state index is 0.560. The Labute approximate surface area is 154 Å². The molecule has 0 aliphatic heterocycles. The van der Waals surface area contributed by atoms with Crippen molar-refractivity contribution in [3.05, 3.63) is 24.0 Å². The van der Waals surface area contributed by atoms with Gasteiger partial charge in [-0.2, -0.15) is 0 Å². The maximum absolute atomic E-state index is 4.77. The quantitative estimate of drug-likeness (QED) is 0.372. The number of hydrogen-bond acceptors (Lipinski definition) is 2. The summed E-state index contributed by atoms with van der Waals surface area (Å²) in [6, 6.07) is 4.15. The Morgan fingerprint density at radius 2 is 1.80 bits per heavy atom. The molecule has 2 aliphatic carbocycles. The van der Waals surface area contributed by atoms with Gasteiger partial charge in [-0.15, -0.1) is 0 Å². The first-order valence-corrected chi connectivity index (χ1v) is 10.6. The first kappa shape index (κ1) is 18.6. The van der Waals surface area contributed by atoms with Crippen molar-refractivity contribution in [2.75, 3.05) is 0 Å². The van der Waals surface area contributed by atoms with E-state index in [0.717, 1.165) is 35.8 Å². The predicted molar refractivity (Wildman–Crippen MR) is 108 cm³/mol. The minimum Gasteiger partial charge on any atom is -0.259 e. The number of aliphatic imine (C=N–C) groups is 1. The van der Waals surface area contributed by atoms with E-state index < -0.39 is 0 Å². The van der Waals surface area contributed by atoms with Gasteiger partial charge in [-0.1, -0.05) is 40.0 Å². The van der Waals surface area contributed by atoms with Gasteiger partial charge in [0, 0.05) is 18.3 Å². The molecule has 2 saturated carbocycles. The second-order valence-corrected chi connectivity index (χ2v) is 8.80. The third-order valence-electron chi connectivity index (χ3n) is 6.59. The molecule has 0 aromatic carbocycles. The summed E-state index contributed by atoms with van der Waals surface area (Å²) in [4.78, 5) is 9.39. The highest BCUT2D eigenvalue weighted by Crippen LogP contribution is 2.43. The Morgan fingerprint density at radius 3 is 2.48 bits per heavy atom. The van der Waals surface area contributed by atoms with Crippen molar-refractivity contribution in [3.63, 3.8) is 0 Å². The van der Waals surface area contributed by atoms with Crippen molar-refractivity contribution in [3.8, 4) is 0 Å². The average Bonchev–Trinajstić information content (AvgIpc) is 3.47. The van der Waals surface area contributed by atoms with Crippen LogP contribution < -0.4 is 0 Å². The summed E-state index contributed by atoms with van der Waals surface area (Å²) in [5.41, 5.74) is 2.30. The number of hydrogen-bond donors (Lipinski definition) is 0. The van der Waals surface area contributed by atoms with Crippen molar-refractivity contribution in [2.45, 2.75) is 84.5 Å². The van der Waals surface area contributed by atoms with Gasteiger partial charge in [0.25, 0.3) is 0 Å². The van der Waals surface area contributed by atoms with Crippen molar-refractivity contribution < 1.29 is 0 Å². The van der Waals surface area contributed by atoms with E-state index in [0.29, 0.717) is 5.92 Å². The Morgan fingerprint density at radius 1 is 1.08 bits per heavy atom. The van der Waals surface area contributed by atoms with Crippen molar-refractivity contribution >= 4 is 11.9 Å². The zero-order valence-corrected chi connectivity index (χ0v) is 16.5. The molecule has 0 bridgehead atoms. The molecule has 0 saturated heterocycles. The maximum atomic E-state index is 4.77. The lowest BCUT2D eigenvalue weighted by atomic mass is 9.75. The smallest absolute Gasteiger partial charge is 0.0843 e. The van der Waals surface area contributed by atoms with Crippen LogP contribution in [0, 0.1) is 23.7 Å². The first-order chi connectivity index (χ1) is 12.1. The van der Waals surface area contributed by atoms with E-state index in [2.05, 4.69) is 38.0 Å². The van der Waals surface area contributed by atoms with Crippen LogP contribution in [0.4, 0.5) is 5.69 Å². The van der Waals surface area contributed by atoms with Gasteiger partial charge < -0.3 is 0 Å². The Bertz CT molecular complexity index is 551. The fourth-order valence-electron chi connectivity index (χ4n) is 4.49. The lowest BCUT2D eigenvalue weighted by molar-refractivity contribution is 0.215. The number of nitrogens with zero attached hydrogens (tertiary/aromatic N) is 2. The van der Waals surface area contributed by atoms with Gasteiger partial charge in [0.2, 0.25) is 0 Å². The summed E-state index contributed by atoms with van der Waals surface area (Å²) in [5, 5.41) is 0. The highest BCUT2D eigenvalue weighted by atomic mass is 14.8. The van der Waals surface area contributed by atoms with Gasteiger partial charge in [0.15, 0.2) is 0 Å². The molecule has 2 aliphatic rings. The molecule has 2 nitrogen and oxygen atoms in total. The van der Waals surface area contributed by atoms with Gasteiger partial charge in [-0.25, -0.2) is 0 Å². The standard InChI is InChI=1S/C23H36N2/c1-17(2)20-11-9-19(10-12-20)7-4-5-15-24-22-8-6-16-25-23(22)18(3)21-13-14-21/h6,8,15-21H,4-5,7,9-14H2,1-3H3/b24-15-/t18-,19?,20?/m1/s1. The van der Waals surface area contributed by atoms with Gasteiger partial charge in [0.1, 0.15) is 0 Å². The lowest BCUT2D eigenvalue weighted by Crippen LogP contribution is -2.18. The molecule has 0 spiro atoms. The van der Waals surface area contributed by atoms with E-state index in [-0.39, 0.29) is 0 Å². The summed E-state index contributed by atoms with van der Waals surface area (Å²) >= 11 is 0. The Balaban J connectivity index is 1.41. The fraction of sp³-hybridized carbons (Fsp3) is 0.739. The van der Waals surface area contributed by atoms with Gasteiger partial charge in [-0.05, 0) is 74.3 Å². The highest BCUT2D eigenvalue weighted by molar-refractivity contribution is 5.64. The van der Waals surface area contributed by atoms with Gasteiger partial charge >= 0.3 is 0 Å². The predicted octanol–water partition coefficient (Wildman–Crippen LogP) is 6.93. The molecule has 0 unspecified atom stereocenters. The molecule has 2 fully saturated rings. The topological polar surface area (TPSA) is 25.2 Å². The molecule has 3 rings (SSSR count). The second-order valence-electron chi connectivity index (χ2n) is 8.80. The molecule has 1 atom stereocenters. The van der Waals surface area contributed by atoms with Crippen LogP contribution in [0.3, 0.4) is 0 Å². The number of pyridine rings is 1. The number of rotatable bonds is 8. The second kappa shape index (κ2) is 8.96. The third-order valence-corrected chi connectivity index (χ3v) is 6.59. The molecule has 0 N–H and O–H groups in total. The zero-order chi connectivity index (χ0) is 17.6. The lowest BCUT2D eigenvalue weighted by Gasteiger charge is -2.30. The van der Waals surface area contributed by atoms with Crippen LogP contribution in [0.1, 0.15) is 90.2 Å².